The largest absolute Gasteiger partial charge is 0.508 e. The number of phenolic OH excluding ortho intramolecular Hbond substituents is 1. The van der Waals surface area contributed by atoms with Crippen LogP contribution in [0.5, 0.6) is 5.75 Å². The van der Waals surface area contributed by atoms with Gasteiger partial charge in [-0.3, -0.25) is 19.2 Å². The van der Waals surface area contributed by atoms with Crippen molar-refractivity contribution in [1.29, 1.82) is 0 Å². The van der Waals surface area contributed by atoms with Crippen LogP contribution in [0.4, 0.5) is 0 Å². The molecular formula is C29H46N5O5S+. The summed E-state index contributed by atoms with van der Waals surface area (Å²) in [5, 5.41) is 18.6. The molecule has 2 aliphatic rings. The summed E-state index contributed by atoms with van der Waals surface area (Å²) in [4.78, 5) is 53.1. The molecule has 2 heterocycles. The number of rotatable bonds is 15. The molecule has 40 heavy (non-hydrogen) atoms. The molecule has 0 aliphatic carbocycles. The van der Waals surface area contributed by atoms with Crippen LogP contribution in [0.15, 0.2) is 24.3 Å². The highest BCUT2D eigenvalue weighted by atomic mass is 32.1. The Morgan fingerprint density at radius 3 is 2.27 bits per heavy atom. The number of aromatic hydroxyl groups is 1. The van der Waals surface area contributed by atoms with Crippen molar-refractivity contribution >= 4 is 36.3 Å². The number of nitrogens with one attached hydrogen (secondary N) is 3. The van der Waals surface area contributed by atoms with E-state index in [1.54, 1.807) is 29.2 Å². The molecule has 0 spiro atoms. The molecule has 0 radical (unpaired) electrons. The zero-order valence-electron chi connectivity index (χ0n) is 24.0. The summed E-state index contributed by atoms with van der Waals surface area (Å²) in [6, 6.07) is 4.68. The molecule has 1 aromatic carbocycles. The SMILES string of the molecule is C[N+](C)(C)CCCC[C@@H]1NC(=O)[C@H]2C[C@@H](C(=O)NCCCCCCNC(=O)CS)[C@@H](c3ccc(O)cc3)N2C1=O. The van der Waals surface area contributed by atoms with Gasteiger partial charge in [-0.2, -0.15) is 12.6 Å². The van der Waals surface area contributed by atoms with E-state index in [1.165, 1.54) is 0 Å². The van der Waals surface area contributed by atoms with Crippen molar-refractivity contribution in [3.63, 3.8) is 0 Å². The maximum atomic E-state index is 13.7. The van der Waals surface area contributed by atoms with Gasteiger partial charge in [-0.05, 0) is 56.2 Å². The number of thiol groups is 1. The molecule has 2 saturated heterocycles. The number of quaternary nitrogens is 1. The fraction of sp³-hybridized carbons (Fsp3) is 0.655. The summed E-state index contributed by atoms with van der Waals surface area (Å²) < 4.78 is 0.841. The molecular weight excluding hydrogens is 530 g/mol. The third kappa shape index (κ3) is 8.86. The molecule has 3 rings (SSSR count). The minimum Gasteiger partial charge on any atom is -0.508 e. The molecule has 1 aromatic rings. The first-order chi connectivity index (χ1) is 19.0. The van der Waals surface area contributed by atoms with Gasteiger partial charge < -0.3 is 30.4 Å². The van der Waals surface area contributed by atoms with E-state index in [2.05, 4.69) is 49.7 Å². The van der Waals surface area contributed by atoms with Crippen LogP contribution in [0, 0.1) is 5.92 Å². The van der Waals surface area contributed by atoms with Crippen molar-refractivity contribution in [2.45, 2.75) is 69.5 Å². The average molecular weight is 577 g/mol. The number of carbonyl (C=O) groups excluding carboxylic acids is 4. The van der Waals surface area contributed by atoms with Crippen molar-refractivity contribution in [1.82, 2.24) is 20.9 Å². The Balaban J connectivity index is 1.62. The minimum absolute atomic E-state index is 0.0787. The fourth-order valence-electron chi connectivity index (χ4n) is 5.58. The van der Waals surface area contributed by atoms with E-state index in [1.807, 2.05) is 0 Å². The van der Waals surface area contributed by atoms with Gasteiger partial charge in [0.1, 0.15) is 17.8 Å². The van der Waals surface area contributed by atoms with Crippen LogP contribution < -0.4 is 16.0 Å². The van der Waals surface area contributed by atoms with Crippen molar-refractivity contribution in [3.05, 3.63) is 29.8 Å². The number of unbranched alkanes of at least 4 members (excludes halogenated alkanes) is 4. The van der Waals surface area contributed by atoms with Crippen molar-refractivity contribution in [2.75, 3.05) is 46.5 Å². The zero-order valence-corrected chi connectivity index (χ0v) is 24.9. The van der Waals surface area contributed by atoms with Gasteiger partial charge >= 0.3 is 0 Å². The number of carbonyl (C=O) groups is 4. The maximum Gasteiger partial charge on any atom is 0.246 e. The molecule has 11 heteroatoms. The van der Waals surface area contributed by atoms with Gasteiger partial charge in [0.05, 0.1) is 45.4 Å². The van der Waals surface area contributed by atoms with Gasteiger partial charge in [0.2, 0.25) is 23.6 Å². The standard InChI is InChI=1S/C29H45N5O5S/c1-34(2,3)17-9-6-10-23-29(39)33-24(28(38)32-23)18-22(26(33)20-11-13-21(35)14-12-20)27(37)31-16-8-5-4-7-15-30-25(36)19-40/h11-14,22-24,26H,4-10,15-19H2,1-3H3,(H4-,30,31,32,35,36,37,38,40)/p+1/t22-,23+,24-,26-/m1/s1. The fourth-order valence-corrected chi connectivity index (χ4v) is 5.69. The summed E-state index contributed by atoms with van der Waals surface area (Å²) in [6.07, 6.45) is 6.09. The highest BCUT2D eigenvalue weighted by molar-refractivity contribution is 7.81. The number of hydrogen-bond donors (Lipinski definition) is 5. The highest BCUT2D eigenvalue weighted by Gasteiger charge is 2.54. The molecule has 0 saturated carbocycles. The van der Waals surface area contributed by atoms with Crippen LogP contribution in [-0.2, 0) is 19.2 Å². The Hall–Kier alpha value is -2.79. The summed E-state index contributed by atoms with van der Waals surface area (Å²) in [5.74, 6) is -0.895. The normalized spacial score (nSPS) is 22.6. The van der Waals surface area contributed by atoms with Gasteiger partial charge in [0.25, 0.3) is 0 Å². The molecule has 10 nitrogen and oxygen atoms in total. The Labute approximate surface area is 243 Å². The first kappa shape index (κ1) is 31.7. The second-order valence-corrected chi connectivity index (χ2v) is 12.2. The molecule has 4 N–H and O–H groups in total. The lowest BCUT2D eigenvalue weighted by Gasteiger charge is -2.38. The van der Waals surface area contributed by atoms with E-state index in [0.717, 1.165) is 55.1 Å². The molecule has 0 unspecified atom stereocenters. The molecule has 4 amide bonds. The third-order valence-corrected chi connectivity index (χ3v) is 7.96. The van der Waals surface area contributed by atoms with E-state index in [-0.39, 0.29) is 41.6 Å². The number of phenols is 1. The Morgan fingerprint density at radius 2 is 1.65 bits per heavy atom. The lowest BCUT2D eigenvalue weighted by atomic mass is 9.92. The van der Waals surface area contributed by atoms with Crippen LogP contribution in [0.25, 0.3) is 0 Å². The quantitative estimate of drug-likeness (QED) is 0.124. The smallest absolute Gasteiger partial charge is 0.246 e. The number of piperazine rings is 1. The molecule has 222 valence electrons. The topological polar surface area (TPSA) is 128 Å². The van der Waals surface area contributed by atoms with E-state index < -0.39 is 24.0 Å². The van der Waals surface area contributed by atoms with E-state index in [4.69, 9.17) is 0 Å². The lowest BCUT2D eigenvalue weighted by molar-refractivity contribution is -0.870. The van der Waals surface area contributed by atoms with Crippen LogP contribution in [0.2, 0.25) is 0 Å². The summed E-state index contributed by atoms with van der Waals surface area (Å²) in [7, 11) is 6.38. The molecule has 4 atom stereocenters. The molecule has 2 fully saturated rings. The molecule has 2 aliphatic heterocycles. The zero-order chi connectivity index (χ0) is 29.3. The predicted octanol–water partition coefficient (Wildman–Crippen LogP) is 1.75. The minimum atomic E-state index is -0.697. The predicted molar refractivity (Wildman–Crippen MR) is 157 cm³/mol. The Bertz CT molecular complexity index is 1030. The number of hydrogen-bond acceptors (Lipinski definition) is 6. The van der Waals surface area contributed by atoms with Crippen LogP contribution >= 0.6 is 12.6 Å². The van der Waals surface area contributed by atoms with Gasteiger partial charge in [0.15, 0.2) is 0 Å². The second kappa shape index (κ2) is 14.7. The monoisotopic (exact) mass is 576 g/mol. The number of fused-ring (bicyclic) bond motifs is 1. The number of benzene rings is 1. The van der Waals surface area contributed by atoms with Crippen molar-refractivity contribution in [3.8, 4) is 5.75 Å². The van der Waals surface area contributed by atoms with Crippen molar-refractivity contribution < 1.29 is 28.8 Å². The van der Waals surface area contributed by atoms with Gasteiger partial charge in [0, 0.05) is 13.1 Å². The molecule has 0 bridgehead atoms. The molecule has 0 aromatic heterocycles. The third-order valence-electron chi connectivity index (χ3n) is 7.68. The Morgan fingerprint density at radius 1 is 1.00 bits per heavy atom. The van der Waals surface area contributed by atoms with Crippen molar-refractivity contribution in [2.24, 2.45) is 5.92 Å². The van der Waals surface area contributed by atoms with Crippen LogP contribution in [0.1, 0.15) is 63.0 Å². The van der Waals surface area contributed by atoms with Gasteiger partial charge in [-0.25, -0.2) is 0 Å². The highest BCUT2D eigenvalue weighted by Crippen LogP contribution is 2.43. The first-order valence-electron chi connectivity index (χ1n) is 14.4. The van der Waals surface area contributed by atoms with E-state index >= 15 is 0 Å². The second-order valence-electron chi connectivity index (χ2n) is 11.9. The van der Waals surface area contributed by atoms with Crippen LogP contribution in [0.3, 0.4) is 0 Å². The first-order valence-corrected chi connectivity index (χ1v) is 15.0. The van der Waals surface area contributed by atoms with E-state index in [0.29, 0.717) is 19.5 Å². The van der Waals surface area contributed by atoms with Crippen LogP contribution in [-0.4, -0.2) is 96.7 Å². The Kier molecular flexibility index (Phi) is 11.7. The summed E-state index contributed by atoms with van der Waals surface area (Å²) in [5.41, 5.74) is 0.732. The summed E-state index contributed by atoms with van der Waals surface area (Å²) >= 11 is 3.94. The lowest BCUT2D eigenvalue weighted by Crippen LogP contribution is -2.61. The van der Waals surface area contributed by atoms with Gasteiger partial charge in [-0.15, -0.1) is 0 Å². The average Bonchev–Trinajstić information content (AvgIpc) is 3.32. The van der Waals surface area contributed by atoms with E-state index in [9.17, 15) is 24.3 Å². The number of amides is 4. The maximum absolute atomic E-state index is 13.7. The van der Waals surface area contributed by atoms with Gasteiger partial charge in [-0.1, -0.05) is 25.0 Å². The summed E-state index contributed by atoms with van der Waals surface area (Å²) in [6.45, 7) is 2.10. The number of nitrogens with zero attached hydrogens (tertiary/aromatic N) is 2.